The standard InChI is InChI=1S/C19H33O9P/c1-19(23,12-11-16-9-7-10-18(22)27-16)17(28-29(24,25)26)14-15(21)8-5-3-2-4-6-13-20/h7,10-12,15-17,20-21,23H,2-6,8-9,13-14H2,1H3,(H2,24,25,26)/b12-11+/t15-,16+,17+,19+/m0/s1. The molecule has 0 unspecified atom stereocenters. The van der Waals surface area contributed by atoms with E-state index in [9.17, 15) is 29.4 Å². The molecule has 0 aromatic heterocycles. The van der Waals surface area contributed by atoms with Crippen molar-refractivity contribution in [3.05, 3.63) is 24.3 Å². The molecule has 5 N–H and O–H groups in total. The third-order valence-electron chi connectivity index (χ3n) is 4.64. The van der Waals surface area contributed by atoms with Crippen LogP contribution in [0.25, 0.3) is 0 Å². The second-order valence-corrected chi connectivity index (χ2v) is 8.64. The number of aliphatic hydroxyl groups is 3. The molecule has 1 aliphatic heterocycles. The van der Waals surface area contributed by atoms with Gasteiger partial charge in [-0.1, -0.05) is 37.8 Å². The summed E-state index contributed by atoms with van der Waals surface area (Å²) in [6, 6.07) is 0. The first kappa shape index (κ1) is 26.0. The minimum atomic E-state index is -4.91. The van der Waals surface area contributed by atoms with E-state index in [1.54, 1.807) is 6.08 Å². The molecule has 168 valence electrons. The zero-order valence-electron chi connectivity index (χ0n) is 16.7. The molecule has 1 aliphatic rings. The topological polar surface area (TPSA) is 154 Å². The molecule has 0 amide bonds. The lowest BCUT2D eigenvalue weighted by Gasteiger charge is -2.32. The fourth-order valence-corrected chi connectivity index (χ4v) is 3.63. The van der Waals surface area contributed by atoms with Crippen molar-refractivity contribution >= 4 is 13.8 Å². The Morgan fingerprint density at radius 1 is 1.31 bits per heavy atom. The van der Waals surface area contributed by atoms with Crippen LogP contribution < -0.4 is 0 Å². The highest BCUT2D eigenvalue weighted by atomic mass is 31.2. The van der Waals surface area contributed by atoms with Gasteiger partial charge >= 0.3 is 13.8 Å². The largest absolute Gasteiger partial charge is 0.469 e. The van der Waals surface area contributed by atoms with Crippen molar-refractivity contribution in [1.82, 2.24) is 0 Å². The molecular formula is C19H33O9P. The molecule has 1 heterocycles. The van der Waals surface area contributed by atoms with E-state index in [1.807, 2.05) is 0 Å². The van der Waals surface area contributed by atoms with Gasteiger partial charge in [0, 0.05) is 25.5 Å². The van der Waals surface area contributed by atoms with Crippen molar-refractivity contribution in [1.29, 1.82) is 0 Å². The summed E-state index contributed by atoms with van der Waals surface area (Å²) in [5, 5.41) is 29.7. The molecule has 4 atom stereocenters. The van der Waals surface area contributed by atoms with Gasteiger partial charge in [0.05, 0.1) is 6.10 Å². The molecule has 0 fully saturated rings. The average Bonchev–Trinajstić information content (AvgIpc) is 2.61. The molecule has 0 aromatic carbocycles. The number of carbonyl (C=O) groups is 1. The Bertz CT molecular complexity index is 596. The highest BCUT2D eigenvalue weighted by molar-refractivity contribution is 7.46. The highest BCUT2D eigenvalue weighted by Gasteiger charge is 2.37. The van der Waals surface area contributed by atoms with Crippen molar-refractivity contribution in [2.75, 3.05) is 6.61 Å². The van der Waals surface area contributed by atoms with Gasteiger partial charge in [0.25, 0.3) is 0 Å². The van der Waals surface area contributed by atoms with Gasteiger partial charge in [-0.3, -0.25) is 4.52 Å². The van der Waals surface area contributed by atoms with Crippen LogP contribution in [0.2, 0.25) is 0 Å². The summed E-state index contributed by atoms with van der Waals surface area (Å²) in [6.45, 7) is 1.47. The Balaban J connectivity index is 2.66. The van der Waals surface area contributed by atoms with Crippen LogP contribution in [0.15, 0.2) is 24.3 Å². The van der Waals surface area contributed by atoms with Crippen molar-refractivity contribution in [3.8, 4) is 0 Å². The molecule has 9 nitrogen and oxygen atoms in total. The Labute approximate surface area is 171 Å². The summed E-state index contributed by atoms with van der Waals surface area (Å²) >= 11 is 0. The molecule has 10 heteroatoms. The van der Waals surface area contributed by atoms with E-state index in [4.69, 9.17) is 14.4 Å². The van der Waals surface area contributed by atoms with Crippen molar-refractivity contribution in [2.45, 2.75) is 82.2 Å². The second-order valence-electron chi connectivity index (χ2n) is 7.45. The van der Waals surface area contributed by atoms with E-state index >= 15 is 0 Å². The van der Waals surface area contributed by atoms with Crippen LogP contribution >= 0.6 is 7.82 Å². The second kappa shape index (κ2) is 12.6. The number of cyclic esters (lactones) is 1. The maximum Gasteiger partial charge on any atom is 0.469 e. The van der Waals surface area contributed by atoms with Crippen LogP contribution in [0.4, 0.5) is 0 Å². The van der Waals surface area contributed by atoms with Crippen molar-refractivity contribution in [3.63, 3.8) is 0 Å². The third kappa shape index (κ3) is 11.6. The van der Waals surface area contributed by atoms with Crippen LogP contribution in [-0.2, 0) is 18.6 Å². The van der Waals surface area contributed by atoms with Gasteiger partial charge in [0.15, 0.2) is 0 Å². The van der Waals surface area contributed by atoms with Gasteiger partial charge in [-0.2, -0.15) is 0 Å². The van der Waals surface area contributed by atoms with Crippen molar-refractivity contribution < 1.29 is 43.7 Å². The summed E-state index contributed by atoms with van der Waals surface area (Å²) in [6.07, 6.45) is 7.51. The quantitative estimate of drug-likeness (QED) is 0.118. The number of hydrogen-bond acceptors (Lipinski definition) is 7. The molecule has 0 saturated heterocycles. The normalized spacial score (nSPS) is 21.7. The zero-order valence-corrected chi connectivity index (χ0v) is 17.6. The van der Waals surface area contributed by atoms with Crippen molar-refractivity contribution in [2.24, 2.45) is 0 Å². The van der Waals surface area contributed by atoms with E-state index in [-0.39, 0.29) is 13.0 Å². The predicted octanol–water partition coefficient (Wildman–Crippen LogP) is 1.73. The number of phosphoric acid groups is 1. The van der Waals surface area contributed by atoms with Gasteiger partial charge in [-0.25, -0.2) is 9.36 Å². The Kier molecular flexibility index (Phi) is 11.3. The first-order chi connectivity index (χ1) is 13.5. The molecule has 0 saturated carbocycles. The number of phosphoric ester groups is 1. The highest BCUT2D eigenvalue weighted by Crippen LogP contribution is 2.41. The molecule has 0 radical (unpaired) electrons. The molecule has 0 aliphatic carbocycles. The first-order valence-electron chi connectivity index (χ1n) is 9.85. The average molecular weight is 436 g/mol. The maximum absolute atomic E-state index is 11.3. The van der Waals surface area contributed by atoms with E-state index < -0.39 is 37.7 Å². The number of hydrogen-bond donors (Lipinski definition) is 5. The molecule has 1 rings (SSSR count). The smallest absolute Gasteiger partial charge is 0.455 e. The van der Waals surface area contributed by atoms with Crippen LogP contribution in [-0.4, -0.2) is 61.6 Å². The summed E-state index contributed by atoms with van der Waals surface area (Å²) in [4.78, 5) is 29.6. The number of ether oxygens (including phenoxy) is 1. The van der Waals surface area contributed by atoms with Crippen LogP contribution in [0.3, 0.4) is 0 Å². The van der Waals surface area contributed by atoms with E-state index in [0.717, 1.165) is 25.7 Å². The first-order valence-corrected chi connectivity index (χ1v) is 11.4. The van der Waals surface area contributed by atoms with Crippen LogP contribution in [0.5, 0.6) is 0 Å². The Morgan fingerprint density at radius 2 is 1.97 bits per heavy atom. The van der Waals surface area contributed by atoms with Gasteiger partial charge in [-0.15, -0.1) is 0 Å². The lowest BCUT2D eigenvalue weighted by atomic mass is 9.91. The van der Waals surface area contributed by atoms with Gasteiger partial charge in [-0.05, 0) is 25.8 Å². The third-order valence-corrected chi connectivity index (χ3v) is 5.17. The van der Waals surface area contributed by atoms with Gasteiger partial charge in [0.2, 0.25) is 0 Å². The maximum atomic E-state index is 11.3. The lowest BCUT2D eigenvalue weighted by Crippen LogP contribution is -2.41. The number of esters is 1. The summed E-state index contributed by atoms with van der Waals surface area (Å²) < 4.78 is 21.1. The van der Waals surface area contributed by atoms with E-state index in [0.29, 0.717) is 19.3 Å². The Hall–Kier alpha value is -1.06. The minimum absolute atomic E-state index is 0.156. The monoisotopic (exact) mass is 436 g/mol. The predicted molar refractivity (Wildman–Crippen MR) is 106 cm³/mol. The number of rotatable bonds is 14. The molecular weight excluding hydrogens is 403 g/mol. The van der Waals surface area contributed by atoms with Gasteiger partial charge in [0.1, 0.15) is 17.8 Å². The summed E-state index contributed by atoms with van der Waals surface area (Å²) in [7, 11) is -4.91. The fourth-order valence-electron chi connectivity index (χ4n) is 3.00. The molecule has 29 heavy (non-hydrogen) atoms. The zero-order chi connectivity index (χ0) is 21.9. The lowest BCUT2D eigenvalue weighted by molar-refractivity contribution is -0.141. The Morgan fingerprint density at radius 3 is 2.59 bits per heavy atom. The molecule has 0 aromatic rings. The van der Waals surface area contributed by atoms with E-state index in [1.165, 1.54) is 25.2 Å². The molecule has 0 spiro atoms. The molecule has 0 bridgehead atoms. The van der Waals surface area contributed by atoms with E-state index in [2.05, 4.69) is 0 Å². The number of carbonyl (C=O) groups excluding carboxylic acids is 1. The number of unbranched alkanes of at least 4 members (excludes halogenated alkanes) is 4. The summed E-state index contributed by atoms with van der Waals surface area (Å²) in [5.74, 6) is -0.511. The van der Waals surface area contributed by atoms with Crippen LogP contribution in [0.1, 0.15) is 58.3 Å². The minimum Gasteiger partial charge on any atom is -0.455 e. The number of aliphatic hydroxyl groups excluding tert-OH is 2. The SMILES string of the molecule is C[C@@](O)(/C=C/[C@H]1CC=CC(=O)O1)[C@@H](C[C@@H](O)CCCCCCCO)OP(=O)(O)O. The summed E-state index contributed by atoms with van der Waals surface area (Å²) in [5.41, 5.74) is -1.81. The van der Waals surface area contributed by atoms with Gasteiger partial charge < -0.3 is 29.8 Å². The van der Waals surface area contributed by atoms with Crippen LogP contribution in [0, 0.1) is 0 Å². The fraction of sp³-hybridized carbons (Fsp3) is 0.737.